The van der Waals surface area contributed by atoms with Gasteiger partial charge in [0.15, 0.2) is 0 Å². The number of hydrogen-bond acceptors (Lipinski definition) is 21. The van der Waals surface area contributed by atoms with Crippen molar-refractivity contribution in [3.8, 4) is 0 Å². The average molecular weight is 1070 g/mol. The molecule has 0 radical (unpaired) electrons. The van der Waals surface area contributed by atoms with E-state index in [1.165, 1.54) is 96.3 Å². The molecule has 0 amide bonds. The van der Waals surface area contributed by atoms with E-state index in [1.807, 2.05) is 0 Å². The summed E-state index contributed by atoms with van der Waals surface area (Å²) in [7, 11) is 0. The van der Waals surface area contributed by atoms with Crippen LogP contribution in [0.1, 0.15) is 175 Å². The molecule has 21 N–H and O–H groups in total. The maximum atomic E-state index is 10.1. The second-order valence-electron chi connectivity index (χ2n) is 15.9. The van der Waals surface area contributed by atoms with Gasteiger partial charge in [0.1, 0.15) is 36.6 Å². The summed E-state index contributed by atoms with van der Waals surface area (Å²) in [6, 6.07) is 0. The van der Waals surface area contributed by atoms with Crippen molar-refractivity contribution < 1.29 is 122 Å². The molecule has 0 aliphatic rings. The SMILES string of the molecule is CCCCCCCCCC(=O)O.CCCCCCCCCC(=O)O.CCCCCCCCCC(=O)O.OCC(O)CO.OCC(O)CO.OCC(O)CO.OCC(O)CO.OCC(O)CO.OCC(O)CO. The van der Waals surface area contributed by atoms with Crippen molar-refractivity contribution in [2.24, 2.45) is 0 Å². The van der Waals surface area contributed by atoms with E-state index in [0.717, 1.165) is 38.5 Å². The fraction of sp³-hybridized carbons (Fsp3) is 0.938. The van der Waals surface area contributed by atoms with E-state index in [1.54, 1.807) is 0 Å². The molecule has 0 aliphatic heterocycles. The van der Waals surface area contributed by atoms with E-state index in [0.29, 0.717) is 19.3 Å². The maximum absolute atomic E-state index is 10.1. The number of unbranched alkanes of at least 4 members (excludes halogenated alkanes) is 18. The van der Waals surface area contributed by atoms with Crippen LogP contribution in [0, 0.1) is 0 Å². The van der Waals surface area contributed by atoms with Crippen LogP contribution in [0.25, 0.3) is 0 Å². The Morgan fingerprint density at radius 2 is 0.347 bits per heavy atom. The maximum Gasteiger partial charge on any atom is 0.303 e. The molecule has 0 heterocycles. The number of aliphatic carboxylic acids is 3. The lowest BCUT2D eigenvalue weighted by Crippen LogP contribution is -2.15. The van der Waals surface area contributed by atoms with Gasteiger partial charge in [-0.25, -0.2) is 0 Å². The lowest BCUT2D eigenvalue weighted by Gasteiger charge is -1.98. The summed E-state index contributed by atoms with van der Waals surface area (Å²) < 4.78 is 0. The molecular weight excluding hydrogens is 961 g/mol. The van der Waals surface area contributed by atoms with Crippen LogP contribution in [-0.4, -0.2) is 241 Å². The summed E-state index contributed by atoms with van der Waals surface area (Å²) in [4.78, 5) is 30.4. The molecule has 24 heteroatoms. The number of aliphatic hydroxyl groups excluding tert-OH is 18. The highest BCUT2D eigenvalue weighted by Crippen LogP contribution is 2.10. The van der Waals surface area contributed by atoms with Crippen LogP contribution in [0.2, 0.25) is 0 Å². The first-order valence-electron chi connectivity index (χ1n) is 25.2. The first-order valence-corrected chi connectivity index (χ1v) is 25.2. The number of carboxylic acid groups (broad SMARTS) is 3. The number of carboxylic acids is 3. The highest BCUT2D eigenvalue weighted by molar-refractivity contribution is 5.67. The van der Waals surface area contributed by atoms with Gasteiger partial charge in [-0.1, -0.05) is 136 Å². The number of rotatable bonds is 36. The summed E-state index contributed by atoms with van der Waals surface area (Å²) in [6.45, 7) is 2.22. The van der Waals surface area contributed by atoms with Crippen LogP contribution >= 0.6 is 0 Å². The molecular formula is C48H108O24. The molecule has 0 fully saturated rings. The highest BCUT2D eigenvalue weighted by atomic mass is 16.4. The minimum atomic E-state index is -0.954. The summed E-state index contributed by atoms with van der Waals surface area (Å²) in [5, 5.41) is 169. The Labute approximate surface area is 429 Å². The Bertz CT molecular complexity index is 774. The van der Waals surface area contributed by atoms with Crippen LogP contribution in [-0.2, 0) is 14.4 Å². The van der Waals surface area contributed by atoms with Crippen molar-refractivity contribution in [3.05, 3.63) is 0 Å². The first-order chi connectivity index (χ1) is 34.2. The monoisotopic (exact) mass is 1070 g/mol. The highest BCUT2D eigenvalue weighted by Gasteiger charge is 2.00. The van der Waals surface area contributed by atoms with E-state index in [-0.39, 0.29) is 79.3 Å². The molecule has 0 saturated carbocycles. The van der Waals surface area contributed by atoms with E-state index >= 15 is 0 Å². The molecule has 0 aromatic heterocycles. The van der Waals surface area contributed by atoms with Crippen LogP contribution in [0.5, 0.6) is 0 Å². The third-order valence-electron chi connectivity index (χ3n) is 8.51. The first kappa shape index (κ1) is 89.3. The van der Waals surface area contributed by atoms with Gasteiger partial charge in [0.05, 0.1) is 79.3 Å². The predicted molar refractivity (Wildman–Crippen MR) is 272 cm³/mol. The van der Waals surface area contributed by atoms with Gasteiger partial charge in [0, 0.05) is 19.3 Å². The Balaban J connectivity index is -0.0000000904. The Kier molecular flexibility index (Phi) is 106. The fourth-order valence-corrected chi connectivity index (χ4v) is 4.05. The second-order valence-corrected chi connectivity index (χ2v) is 15.9. The molecule has 0 atom stereocenters. The van der Waals surface area contributed by atoms with Crippen LogP contribution in [0.15, 0.2) is 0 Å². The quantitative estimate of drug-likeness (QED) is 0.0356. The van der Waals surface area contributed by atoms with Crippen LogP contribution in [0.3, 0.4) is 0 Å². The topological polar surface area (TPSA) is 476 Å². The van der Waals surface area contributed by atoms with Gasteiger partial charge >= 0.3 is 17.9 Å². The summed E-state index contributed by atoms with van der Waals surface area (Å²) >= 11 is 0. The Morgan fingerprint density at radius 1 is 0.236 bits per heavy atom. The molecule has 0 unspecified atom stereocenters. The van der Waals surface area contributed by atoms with Gasteiger partial charge in [0.25, 0.3) is 0 Å². The van der Waals surface area contributed by atoms with Crippen molar-refractivity contribution >= 4 is 17.9 Å². The van der Waals surface area contributed by atoms with Gasteiger partial charge < -0.3 is 107 Å². The predicted octanol–water partition coefficient (Wildman–Crippen LogP) is -0.373. The number of carbonyl (C=O) groups is 3. The van der Waals surface area contributed by atoms with Gasteiger partial charge in [-0.2, -0.15) is 0 Å². The molecule has 24 nitrogen and oxygen atoms in total. The van der Waals surface area contributed by atoms with Crippen LogP contribution < -0.4 is 0 Å². The largest absolute Gasteiger partial charge is 0.481 e. The zero-order valence-electron chi connectivity index (χ0n) is 44.0. The summed E-state index contributed by atoms with van der Waals surface area (Å²) in [6.07, 6.45) is 20.2. The third-order valence-corrected chi connectivity index (χ3v) is 8.51. The lowest BCUT2D eigenvalue weighted by molar-refractivity contribution is -0.138. The van der Waals surface area contributed by atoms with Crippen LogP contribution in [0.4, 0.5) is 0 Å². The molecule has 0 saturated heterocycles. The smallest absolute Gasteiger partial charge is 0.303 e. The summed E-state index contributed by atoms with van der Waals surface area (Å²) in [5.74, 6) is -1.99. The molecule has 444 valence electrons. The fourth-order valence-electron chi connectivity index (χ4n) is 4.05. The van der Waals surface area contributed by atoms with Crippen molar-refractivity contribution in [2.45, 2.75) is 211 Å². The van der Waals surface area contributed by atoms with Crippen molar-refractivity contribution in [1.82, 2.24) is 0 Å². The second kappa shape index (κ2) is 85.4. The molecule has 0 aromatic rings. The number of hydrogen-bond donors (Lipinski definition) is 21. The number of aliphatic hydroxyl groups is 18. The zero-order chi connectivity index (χ0) is 57.7. The van der Waals surface area contributed by atoms with Gasteiger partial charge in [-0.15, -0.1) is 0 Å². The summed E-state index contributed by atoms with van der Waals surface area (Å²) in [5.41, 5.74) is 0. The van der Waals surface area contributed by atoms with Gasteiger partial charge in [-0.05, 0) is 19.3 Å². The van der Waals surface area contributed by atoms with Crippen molar-refractivity contribution in [3.63, 3.8) is 0 Å². The van der Waals surface area contributed by atoms with E-state index in [9.17, 15) is 14.4 Å². The van der Waals surface area contributed by atoms with Gasteiger partial charge in [0.2, 0.25) is 0 Å². The van der Waals surface area contributed by atoms with E-state index < -0.39 is 54.5 Å². The standard InChI is InChI=1S/3C10H20O2.6C3H8O3/c3*1-2-3-4-5-6-7-8-9-10(11)12;6*4-1-3(6)2-5/h3*2-9H2,1H3,(H,11,12);6*3-6H,1-2H2. The lowest BCUT2D eigenvalue weighted by atomic mass is 10.1. The zero-order valence-corrected chi connectivity index (χ0v) is 44.0. The minimum absolute atomic E-state index is 0.341. The van der Waals surface area contributed by atoms with Crippen molar-refractivity contribution in [1.29, 1.82) is 0 Å². The third kappa shape index (κ3) is 127. The molecule has 0 aromatic carbocycles. The minimum Gasteiger partial charge on any atom is -0.481 e. The molecule has 0 spiro atoms. The molecule has 0 bridgehead atoms. The van der Waals surface area contributed by atoms with E-state index in [2.05, 4.69) is 20.8 Å². The van der Waals surface area contributed by atoms with E-state index in [4.69, 9.17) is 107 Å². The van der Waals surface area contributed by atoms with Crippen molar-refractivity contribution in [2.75, 3.05) is 79.3 Å². The molecule has 72 heavy (non-hydrogen) atoms. The molecule has 0 aliphatic carbocycles. The molecule has 0 rings (SSSR count). The normalized spacial score (nSPS) is 10.0. The average Bonchev–Trinajstić information content (AvgIpc) is 3.39. The Hall–Kier alpha value is -2.31. The van der Waals surface area contributed by atoms with Gasteiger partial charge in [-0.3, -0.25) is 14.4 Å². The Morgan fingerprint density at radius 3 is 0.431 bits per heavy atom.